The highest BCUT2D eigenvalue weighted by Crippen LogP contribution is 2.74. The lowest BCUT2D eigenvalue weighted by molar-refractivity contribution is -0.234. The van der Waals surface area contributed by atoms with Crippen LogP contribution in [-0.4, -0.2) is 45.6 Å². The van der Waals surface area contributed by atoms with Crippen molar-refractivity contribution in [3.05, 3.63) is 52.1 Å². The van der Waals surface area contributed by atoms with Gasteiger partial charge in [-0.2, -0.15) is 13.2 Å². The van der Waals surface area contributed by atoms with Gasteiger partial charge in [0.05, 0.1) is 17.8 Å². The van der Waals surface area contributed by atoms with Crippen molar-refractivity contribution in [1.82, 2.24) is 0 Å². The molecular weight excluding hydrogens is 609 g/mol. The molecule has 4 aliphatic rings. The summed E-state index contributed by atoms with van der Waals surface area (Å²) >= 11 is 0. The fourth-order valence-corrected chi connectivity index (χ4v) is 11.1. The van der Waals surface area contributed by atoms with Crippen LogP contribution in [0, 0.1) is 39.9 Å². The van der Waals surface area contributed by atoms with E-state index in [1.165, 1.54) is 19.1 Å². The Morgan fingerprint density at radius 3 is 2.13 bits per heavy atom. The first-order chi connectivity index (χ1) is 21.8. The Morgan fingerprint density at radius 1 is 0.936 bits per heavy atom. The predicted molar refractivity (Wildman–Crippen MR) is 173 cm³/mol. The van der Waals surface area contributed by atoms with Gasteiger partial charge in [-0.25, -0.2) is 4.79 Å². The molecule has 3 N–H and O–H groups in total. The fraction of sp³-hybridized carbons (Fsp3) is 0.684. The van der Waals surface area contributed by atoms with Gasteiger partial charge in [0.15, 0.2) is 0 Å². The second-order valence-electron chi connectivity index (χ2n) is 15.9. The minimum atomic E-state index is -4.46. The molecule has 0 aromatic heterocycles. The zero-order valence-electron chi connectivity index (χ0n) is 28.7. The third-order valence-corrected chi connectivity index (χ3v) is 13.4. The Balaban J connectivity index is 1.55. The van der Waals surface area contributed by atoms with Crippen molar-refractivity contribution in [2.45, 2.75) is 124 Å². The van der Waals surface area contributed by atoms with Crippen LogP contribution in [0.3, 0.4) is 0 Å². The molecule has 10 atom stereocenters. The van der Waals surface area contributed by atoms with Gasteiger partial charge in [-0.3, -0.25) is 4.79 Å². The average molecular weight is 661 g/mol. The minimum absolute atomic E-state index is 0.0625. The summed E-state index contributed by atoms with van der Waals surface area (Å²) in [5.74, 6) is -1.62. The molecule has 0 bridgehead atoms. The van der Waals surface area contributed by atoms with E-state index in [2.05, 4.69) is 27.7 Å². The molecule has 260 valence electrons. The third kappa shape index (κ3) is 5.87. The van der Waals surface area contributed by atoms with Gasteiger partial charge in [-0.15, -0.1) is 0 Å². The average Bonchev–Trinajstić information content (AvgIpc) is 3.23. The number of allylic oxidation sites excluding steroid dienone is 2. The van der Waals surface area contributed by atoms with Crippen LogP contribution in [0.4, 0.5) is 13.2 Å². The number of benzene rings is 1. The Kier molecular flexibility index (Phi) is 9.37. The Hall–Kier alpha value is -2.65. The molecule has 0 heterocycles. The second-order valence-corrected chi connectivity index (χ2v) is 15.9. The zero-order valence-corrected chi connectivity index (χ0v) is 28.7. The summed E-state index contributed by atoms with van der Waals surface area (Å²) in [6.45, 7) is 13.9. The Morgan fingerprint density at radius 2 is 1.57 bits per heavy atom. The van der Waals surface area contributed by atoms with Crippen LogP contribution in [0.5, 0.6) is 0 Å². The maximum Gasteiger partial charge on any atom is 0.416 e. The van der Waals surface area contributed by atoms with E-state index < -0.39 is 41.3 Å². The Bertz CT molecular complexity index is 1460. The maximum atomic E-state index is 13.2. The number of hydrogen-bond donors (Lipinski definition) is 3. The number of hydrogen-bond acceptors (Lipinski definition) is 5. The lowest BCUT2D eigenvalue weighted by atomic mass is 9.36. The number of aliphatic carboxylic acids is 1. The van der Waals surface area contributed by atoms with Crippen molar-refractivity contribution in [2.24, 2.45) is 39.9 Å². The van der Waals surface area contributed by atoms with Gasteiger partial charge in [0.25, 0.3) is 0 Å². The maximum absolute atomic E-state index is 13.2. The molecule has 0 spiro atoms. The van der Waals surface area contributed by atoms with Crippen molar-refractivity contribution in [1.29, 1.82) is 0 Å². The largest absolute Gasteiger partial charge is 0.478 e. The van der Waals surface area contributed by atoms with E-state index in [1.54, 1.807) is 0 Å². The molecule has 1 aromatic carbocycles. The molecular formula is C38H51F3O6. The van der Waals surface area contributed by atoms with E-state index in [0.717, 1.165) is 42.5 Å². The monoisotopic (exact) mass is 660 g/mol. The highest BCUT2D eigenvalue weighted by Gasteiger charge is 2.70. The van der Waals surface area contributed by atoms with Crippen LogP contribution in [0.2, 0.25) is 0 Å². The number of aliphatic hydroxyl groups excluding tert-OH is 2. The van der Waals surface area contributed by atoms with E-state index in [0.29, 0.717) is 30.4 Å². The molecule has 4 fully saturated rings. The van der Waals surface area contributed by atoms with Gasteiger partial charge in [-0.1, -0.05) is 45.4 Å². The fourth-order valence-electron chi connectivity index (χ4n) is 11.1. The molecule has 0 aliphatic heterocycles. The highest BCUT2D eigenvalue weighted by atomic mass is 19.4. The van der Waals surface area contributed by atoms with Crippen molar-refractivity contribution in [3.63, 3.8) is 0 Å². The summed E-state index contributed by atoms with van der Waals surface area (Å²) in [6, 6.07) is 4.93. The van der Waals surface area contributed by atoms with Crippen molar-refractivity contribution >= 4 is 17.5 Å². The zero-order chi connectivity index (χ0) is 34.9. The third-order valence-electron chi connectivity index (χ3n) is 13.4. The number of halogens is 3. The SMILES string of the molecule is CC(=O)O[C@H]1C[C@@]2(C)C(C[C@@H](O)[C@H]3[C@@]4(C)CC[C@@H](O)[C@@H](C)C4CC[C@@]32C)/C1=C(\CCC(=C(C)C)c1ccc(C(F)(F)F)cc1)C(=O)O. The molecule has 9 heteroatoms. The van der Waals surface area contributed by atoms with Gasteiger partial charge in [0.2, 0.25) is 0 Å². The molecule has 4 aliphatic carbocycles. The first-order valence-electron chi connectivity index (χ1n) is 17.1. The molecule has 47 heavy (non-hydrogen) atoms. The van der Waals surface area contributed by atoms with Crippen LogP contribution < -0.4 is 0 Å². The summed E-state index contributed by atoms with van der Waals surface area (Å²) in [4.78, 5) is 25.6. The normalized spacial score (nSPS) is 39.3. The topological polar surface area (TPSA) is 104 Å². The predicted octanol–water partition coefficient (Wildman–Crippen LogP) is 8.21. The number of fused-ring (bicyclic) bond motifs is 5. The Labute approximate surface area is 276 Å². The van der Waals surface area contributed by atoms with Crippen molar-refractivity contribution in [2.75, 3.05) is 0 Å². The number of rotatable bonds is 6. The number of carbonyl (C=O) groups is 2. The molecule has 2 unspecified atom stereocenters. The van der Waals surface area contributed by atoms with E-state index in [9.17, 15) is 38.1 Å². The molecule has 5 rings (SSSR count). The van der Waals surface area contributed by atoms with Gasteiger partial charge >= 0.3 is 18.1 Å². The number of carbonyl (C=O) groups excluding carboxylic acids is 1. The van der Waals surface area contributed by atoms with E-state index in [-0.39, 0.29) is 59.0 Å². The molecule has 0 saturated heterocycles. The second kappa shape index (κ2) is 12.3. The van der Waals surface area contributed by atoms with Crippen LogP contribution in [0.1, 0.15) is 111 Å². The number of alkyl halides is 3. The molecule has 1 aromatic rings. The number of aliphatic hydroxyl groups is 2. The van der Waals surface area contributed by atoms with Crippen LogP contribution in [0.15, 0.2) is 41.0 Å². The quantitative estimate of drug-likeness (QED) is 0.210. The minimum Gasteiger partial charge on any atom is -0.478 e. The number of ether oxygens (including phenoxy) is 1. The number of esters is 1. The van der Waals surface area contributed by atoms with Gasteiger partial charge in [0, 0.05) is 12.5 Å². The summed E-state index contributed by atoms with van der Waals surface area (Å²) in [7, 11) is 0. The summed E-state index contributed by atoms with van der Waals surface area (Å²) in [6.07, 6.45) is -1.87. The molecule has 4 saturated carbocycles. The first-order valence-corrected chi connectivity index (χ1v) is 17.1. The van der Waals surface area contributed by atoms with Crippen molar-refractivity contribution < 1.29 is 42.8 Å². The van der Waals surface area contributed by atoms with Crippen LogP contribution >= 0.6 is 0 Å². The molecule has 0 amide bonds. The summed E-state index contributed by atoms with van der Waals surface area (Å²) in [5.41, 5.74) is 1.16. The lowest BCUT2D eigenvalue weighted by Gasteiger charge is -2.69. The first kappa shape index (κ1) is 35.7. The number of carboxylic acids is 1. The standard InChI is InChI=1S/C38H51F3O6/c1-20(2)25(23-8-10-24(11-9-23)38(39,40)41)12-13-26(34(45)46)32-28-18-30(44)33-35(5)16-15-29(43)21(3)27(35)14-17-36(33,6)37(28,7)19-31(32)47-22(4)42/h8-11,21,27-31,33,43-44H,12-19H2,1-7H3,(H,45,46)/b32-26-/t21-,27?,28?,29+,30+,31-,33-,35-,36-,37-/m0/s1. The molecule has 0 radical (unpaired) electrons. The van der Waals surface area contributed by atoms with Gasteiger partial charge < -0.3 is 20.1 Å². The van der Waals surface area contributed by atoms with Crippen molar-refractivity contribution in [3.8, 4) is 0 Å². The summed E-state index contributed by atoms with van der Waals surface area (Å²) < 4.78 is 45.6. The highest BCUT2D eigenvalue weighted by molar-refractivity contribution is 5.89. The van der Waals surface area contributed by atoms with Crippen LogP contribution in [0.25, 0.3) is 5.57 Å². The van der Waals surface area contributed by atoms with Gasteiger partial charge in [0.1, 0.15) is 6.10 Å². The lowest BCUT2D eigenvalue weighted by Crippen LogP contribution is -2.65. The summed E-state index contributed by atoms with van der Waals surface area (Å²) in [5, 5.41) is 33.5. The smallest absolute Gasteiger partial charge is 0.416 e. The number of carboxylic acid groups (broad SMARTS) is 1. The van der Waals surface area contributed by atoms with E-state index >= 15 is 0 Å². The molecule has 6 nitrogen and oxygen atoms in total. The van der Waals surface area contributed by atoms with E-state index in [1.807, 2.05) is 13.8 Å². The van der Waals surface area contributed by atoms with E-state index in [4.69, 9.17) is 4.74 Å². The van der Waals surface area contributed by atoms with Gasteiger partial charge in [-0.05, 0) is 134 Å². The van der Waals surface area contributed by atoms with Crippen LogP contribution in [-0.2, 0) is 20.5 Å².